The van der Waals surface area contributed by atoms with Gasteiger partial charge in [0.2, 0.25) is 0 Å². The molecule has 0 amide bonds. The van der Waals surface area contributed by atoms with E-state index in [0.29, 0.717) is 11.2 Å². The summed E-state index contributed by atoms with van der Waals surface area (Å²) in [5.41, 5.74) is 0.792. The number of hydrogen-bond donors (Lipinski definition) is 0. The van der Waals surface area contributed by atoms with Crippen LogP contribution < -0.4 is 10.2 Å². The van der Waals surface area contributed by atoms with Gasteiger partial charge in [-0.2, -0.15) is 0 Å². The highest BCUT2D eigenvalue weighted by Crippen LogP contribution is 2.36. The van der Waals surface area contributed by atoms with Crippen molar-refractivity contribution < 1.29 is 18.4 Å². The lowest BCUT2D eigenvalue weighted by Crippen LogP contribution is -2.41. The van der Waals surface area contributed by atoms with Gasteiger partial charge in [0.1, 0.15) is 5.75 Å². The Balaban J connectivity index is 1.81. The highest BCUT2D eigenvalue weighted by atomic mass is 19.1. The molecule has 0 atom stereocenters. The Bertz CT molecular complexity index is 742. The zero-order chi connectivity index (χ0) is 17.5. The minimum absolute atomic E-state index is 0.181. The highest BCUT2D eigenvalue weighted by Gasteiger charge is 2.51. The first-order valence-corrected chi connectivity index (χ1v) is 8.07. The second-order valence-electron chi connectivity index (χ2n) is 7.20. The van der Waals surface area contributed by atoms with Gasteiger partial charge in [-0.3, -0.25) is 0 Å². The zero-order valence-corrected chi connectivity index (χ0v) is 14.7. The molecule has 0 bridgehead atoms. The van der Waals surface area contributed by atoms with Crippen LogP contribution in [0.4, 0.5) is 4.39 Å². The molecular weight excluding hydrogens is 306 g/mol. The molecule has 0 aliphatic carbocycles. The molecule has 1 aliphatic rings. The topological polar surface area (TPSA) is 27.7 Å². The molecule has 126 valence electrons. The number of ether oxygens (including phenoxy) is 1. The Hall–Kier alpha value is -1.85. The second-order valence-corrected chi connectivity index (χ2v) is 7.20. The molecule has 1 fully saturated rings. The molecule has 0 spiro atoms. The van der Waals surface area contributed by atoms with Crippen molar-refractivity contribution in [3.8, 4) is 11.5 Å². The fourth-order valence-electron chi connectivity index (χ4n) is 2.53. The van der Waals surface area contributed by atoms with E-state index in [2.05, 4.69) is 0 Å². The van der Waals surface area contributed by atoms with Crippen molar-refractivity contribution in [1.82, 2.24) is 0 Å². The first-order chi connectivity index (χ1) is 11.2. The van der Waals surface area contributed by atoms with Crippen LogP contribution in [0.2, 0.25) is 0 Å². The molecule has 5 heteroatoms. The molecule has 1 aliphatic heterocycles. The van der Waals surface area contributed by atoms with Gasteiger partial charge >= 0.3 is 7.12 Å². The fourth-order valence-corrected chi connectivity index (χ4v) is 2.53. The summed E-state index contributed by atoms with van der Waals surface area (Å²) in [6, 6.07) is 12.3. The summed E-state index contributed by atoms with van der Waals surface area (Å²) in [6.07, 6.45) is 0. The molecule has 2 aromatic rings. The molecule has 3 rings (SSSR count). The quantitative estimate of drug-likeness (QED) is 0.790. The van der Waals surface area contributed by atoms with Crippen molar-refractivity contribution >= 4 is 12.6 Å². The molecular formula is C19H22BFO3. The lowest BCUT2D eigenvalue weighted by molar-refractivity contribution is 0.00578. The van der Waals surface area contributed by atoms with Crippen LogP contribution in [0.25, 0.3) is 0 Å². The van der Waals surface area contributed by atoms with E-state index in [1.165, 1.54) is 6.07 Å². The minimum Gasteiger partial charge on any atom is -0.454 e. The van der Waals surface area contributed by atoms with Crippen molar-refractivity contribution in [1.29, 1.82) is 0 Å². The summed E-state index contributed by atoms with van der Waals surface area (Å²) in [6.45, 7) is 9.85. The van der Waals surface area contributed by atoms with Gasteiger partial charge in [0.05, 0.1) is 11.2 Å². The predicted octanol–water partition coefficient (Wildman–Crippen LogP) is 4.23. The van der Waals surface area contributed by atoms with Gasteiger partial charge < -0.3 is 14.0 Å². The molecule has 2 aromatic carbocycles. The van der Waals surface area contributed by atoms with E-state index in [1.54, 1.807) is 18.2 Å². The largest absolute Gasteiger partial charge is 0.494 e. The second kappa shape index (κ2) is 5.90. The maximum atomic E-state index is 14.4. The summed E-state index contributed by atoms with van der Waals surface area (Å²) < 4.78 is 32.0. The van der Waals surface area contributed by atoms with Crippen molar-refractivity contribution in [2.45, 2.75) is 45.8 Å². The van der Waals surface area contributed by atoms with Gasteiger partial charge in [-0.25, -0.2) is 4.39 Å². The van der Waals surface area contributed by atoms with Crippen LogP contribution >= 0.6 is 0 Å². The van der Waals surface area contributed by atoms with E-state index < -0.39 is 24.1 Å². The van der Waals surface area contributed by atoms with Gasteiger partial charge in [-0.1, -0.05) is 18.2 Å². The number of halogens is 1. The molecule has 0 unspecified atom stereocenters. The van der Waals surface area contributed by atoms with Gasteiger partial charge in [0, 0.05) is 0 Å². The molecule has 1 saturated heterocycles. The lowest BCUT2D eigenvalue weighted by Gasteiger charge is -2.32. The molecule has 0 aromatic heterocycles. The Morgan fingerprint density at radius 2 is 1.62 bits per heavy atom. The Kier molecular flexibility index (Phi) is 4.18. The van der Waals surface area contributed by atoms with Crippen molar-refractivity contribution in [3.63, 3.8) is 0 Å². The van der Waals surface area contributed by atoms with Crippen LogP contribution in [0.5, 0.6) is 11.5 Å². The summed E-state index contributed by atoms with van der Waals surface area (Å²) in [7, 11) is -0.586. The summed E-state index contributed by atoms with van der Waals surface area (Å²) >= 11 is 0. The van der Waals surface area contributed by atoms with E-state index in [-0.39, 0.29) is 5.75 Å². The maximum absolute atomic E-state index is 14.4. The average molecular weight is 328 g/mol. The van der Waals surface area contributed by atoms with E-state index >= 15 is 0 Å². The summed E-state index contributed by atoms with van der Waals surface area (Å²) in [5.74, 6) is 0.349. The van der Waals surface area contributed by atoms with Crippen LogP contribution in [-0.4, -0.2) is 18.3 Å². The molecule has 3 nitrogen and oxygen atoms in total. The number of rotatable bonds is 3. The third kappa shape index (κ3) is 3.19. The maximum Gasteiger partial charge on any atom is 0.494 e. The molecule has 0 saturated carbocycles. The first kappa shape index (κ1) is 17.0. The third-order valence-electron chi connectivity index (χ3n) is 4.70. The number of hydrogen-bond acceptors (Lipinski definition) is 3. The molecule has 1 heterocycles. The van der Waals surface area contributed by atoms with Crippen LogP contribution in [0.1, 0.15) is 33.3 Å². The van der Waals surface area contributed by atoms with Gasteiger partial charge in [-0.15, -0.1) is 0 Å². The third-order valence-corrected chi connectivity index (χ3v) is 4.70. The zero-order valence-electron chi connectivity index (χ0n) is 14.7. The van der Waals surface area contributed by atoms with Crippen LogP contribution in [0.3, 0.4) is 0 Å². The molecule has 24 heavy (non-hydrogen) atoms. The van der Waals surface area contributed by atoms with Gasteiger partial charge in [0.15, 0.2) is 11.6 Å². The molecule has 0 N–H and O–H groups in total. The average Bonchev–Trinajstić information content (AvgIpc) is 2.70. The predicted molar refractivity (Wildman–Crippen MR) is 93.4 cm³/mol. The van der Waals surface area contributed by atoms with Crippen molar-refractivity contribution in [2.24, 2.45) is 0 Å². The summed E-state index contributed by atoms with van der Waals surface area (Å²) in [4.78, 5) is 0. The van der Waals surface area contributed by atoms with Gasteiger partial charge in [-0.05, 0) is 69.9 Å². The van der Waals surface area contributed by atoms with Crippen molar-refractivity contribution in [2.75, 3.05) is 0 Å². The lowest BCUT2D eigenvalue weighted by atomic mass is 9.79. The minimum atomic E-state index is -0.586. The smallest absolute Gasteiger partial charge is 0.454 e. The monoisotopic (exact) mass is 328 g/mol. The van der Waals surface area contributed by atoms with Gasteiger partial charge in [0.25, 0.3) is 0 Å². The Morgan fingerprint density at radius 3 is 2.21 bits per heavy atom. The SMILES string of the molecule is Cc1cccc(Oc2ccc(B3OC(C)(C)C(C)(C)O3)cc2F)c1. The standard InChI is InChI=1S/C19H22BFO3/c1-13-7-6-8-15(11-13)22-17-10-9-14(12-16(17)21)20-23-18(2,3)19(4,5)24-20/h6-12H,1-5H3. The van der Waals surface area contributed by atoms with E-state index in [1.807, 2.05) is 52.8 Å². The number of aryl methyl sites for hydroxylation is 1. The van der Waals surface area contributed by atoms with Crippen molar-refractivity contribution in [3.05, 3.63) is 53.8 Å². The van der Waals surface area contributed by atoms with Crippen LogP contribution in [-0.2, 0) is 9.31 Å². The highest BCUT2D eigenvalue weighted by molar-refractivity contribution is 6.62. The normalized spacial score (nSPS) is 18.7. The Labute approximate surface area is 142 Å². The van der Waals surface area contributed by atoms with E-state index in [9.17, 15) is 4.39 Å². The van der Waals surface area contributed by atoms with Crippen LogP contribution in [0, 0.1) is 12.7 Å². The van der Waals surface area contributed by atoms with E-state index in [4.69, 9.17) is 14.0 Å². The van der Waals surface area contributed by atoms with E-state index in [0.717, 1.165) is 5.56 Å². The van der Waals surface area contributed by atoms with Crippen LogP contribution in [0.15, 0.2) is 42.5 Å². The Morgan fingerprint density at radius 1 is 0.958 bits per heavy atom. The summed E-state index contributed by atoms with van der Waals surface area (Å²) in [5, 5.41) is 0. The first-order valence-electron chi connectivity index (χ1n) is 8.07. The number of benzene rings is 2. The molecule has 0 radical (unpaired) electrons. The fraction of sp³-hybridized carbons (Fsp3) is 0.368.